The van der Waals surface area contributed by atoms with Gasteiger partial charge in [-0.2, -0.15) is 0 Å². The van der Waals surface area contributed by atoms with Gasteiger partial charge in [0.1, 0.15) is 0 Å². The number of carbonyl (C=O) groups excluding carboxylic acids is 1. The van der Waals surface area contributed by atoms with Gasteiger partial charge in [-0.3, -0.25) is 0 Å². The van der Waals surface area contributed by atoms with Gasteiger partial charge in [-0.25, -0.2) is 18.6 Å². The van der Waals surface area contributed by atoms with Crippen LogP contribution in [0.4, 0.5) is 22.0 Å². The molecule has 1 aromatic rings. The summed E-state index contributed by atoms with van der Waals surface area (Å²) in [4.78, 5) is 14.8. The predicted molar refractivity (Wildman–Crippen MR) is 56.8 cm³/mol. The fraction of sp³-hybridized carbons (Fsp3) is 0.400. The molecule has 1 heterocycles. The summed E-state index contributed by atoms with van der Waals surface area (Å²) >= 11 is 5.39. The van der Waals surface area contributed by atoms with E-state index in [1.165, 1.54) is 0 Å². The van der Waals surface area contributed by atoms with E-state index in [1.54, 1.807) is 0 Å². The second-order valence-corrected chi connectivity index (χ2v) is 3.62. The van der Waals surface area contributed by atoms with Crippen LogP contribution in [0.15, 0.2) is 6.07 Å². The summed E-state index contributed by atoms with van der Waals surface area (Å²) in [5.74, 6) is -3.12. The van der Waals surface area contributed by atoms with Gasteiger partial charge in [-0.15, -0.1) is 24.8 Å². The Morgan fingerprint density at radius 1 is 1.45 bits per heavy atom. The van der Waals surface area contributed by atoms with E-state index in [-0.39, 0.29) is 11.6 Å². The molecule has 0 aliphatic rings. The molecule has 20 heavy (non-hydrogen) atoms. The van der Waals surface area contributed by atoms with Gasteiger partial charge in [0.2, 0.25) is 0 Å². The quantitative estimate of drug-likeness (QED) is 0.484. The summed E-state index contributed by atoms with van der Waals surface area (Å²) < 4.78 is 70.0. The first kappa shape index (κ1) is 16.4. The molecule has 0 aromatic carbocycles. The first-order valence-electron chi connectivity index (χ1n) is 4.91. The van der Waals surface area contributed by atoms with E-state index in [0.717, 1.165) is 7.11 Å². The predicted octanol–water partition coefficient (Wildman–Crippen LogP) is 3.44. The Bertz CT molecular complexity index is 506. The van der Waals surface area contributed by atoms with E-state index >= 15 is 0 Å². The molecule has 1 aromatic heterocycles. The first-order valence-corrected chi connectivity index (χ1v) is 5.45. The summed E-state index contributed by atoms with van der Waals surface area (Å²) in [5, 5.41) is 0. The molecule has 0 saturated heterocycles. The van der Waals surface area contributed by atoms with Crippen molar-refractivity contribution in [2.45, 2.75) is 18.7 Å². The van der Waals surface area contributed by atoms with Gasteiger partial charge in [0, 0.05) is 0 Å². The molecule has 0 amide bonds. The number of alkyl halides is 6. The van der Waals surface area contributed by atoms with E-state index in [4.69, 9.17) is 11.6 Å². The number of ether oxygens (including phenoxy) is 2. The second-order valence-electron chi connectivity index (χ2n) is 3.35. The van der Waals surface area contributed by atoms with Gasteiger partial charge >= 0.3 is 12.3 Å². The normalized spacial score (nSPS) is 11.6. The fourth-order valence-corrected chi connectivity index (χ4v) is 1.43. The van der Waals surface area contributed by atoms with E-state index in [1.807, 2.05) is 0 Å². The van der Waals surface area contributed by atoms with E-state index in [2.05, 4.69) is 14.5 Å². The summed E-state index contributed by atoms with van der Waals surface area (Å²) in [6, 6.07) is 0.630. The van der Waals surface area contributed by atoms with Crippen molar-refractivity contribution in [3.63, 3.8) is 0 Å². The minimum atomic E-state index is -5.27. The maximum absolute atomic E-state index is 12.8. The molecule has 0 N–H and O–H groups in total. The molecule has 1 rings (SSSR count). The maximum atomic E-state index is 12.8. The Kier molecular flexibility index (Phi) is 5.09. The van der Waals surface area contributed by atoms with Crippen LogP contribution in [0.3, 0.4) is 0 Å². The van der Waals surface area contributed by atoms with Crippen molar-refractivity contribution < 1.29 is 36.2 Å². The lowest BCUT2D eigenvalue weighted by Gasteiger charge is -2.16. The highest BCUT2D eigenvalue weighted by Crippen LogP contribution is 2.36. The number of aromatic nitrogens is 1. The summed E-state index contributed by atoms with van der Waals surface area (Å²) in [6.07, 6.45) is -8.59. The van der Waals surface area contributed by atoms with Crippen LogP contribution in [0.25, 0.3) is 0 Å². The Morgan fingerprint density at radius 2 is 2.05 bits per heavy atom. The molecule has 0 aliphatic carbocycles. The Hall–Kier alpha value is -1.64. The molecule has 112 valence electrons. The van der Waals surface area contributed by atoms with E-state index < -0.39 is 35.8 Å². The monoisotopic (exact) mass is 319 g/mol. The third-order valence-corrected chi connectivity index (χ3v) is 2.30. The fourth-order valence-electron chi connectivity index (χ4n) is 1.30. The average molecular weight is 320 g/mol. The molecule has 0 unspecified atom stereocenters. The number of halogens is 6. The number of pyridine rings is 1. The van der Waals surface area contributed by atoms with Crippen molar-refractivity contribution in [3.05, 3.63) is 23.0 Å². The molecule has 0 radical (unpaired) electrons. The zero-order chi connectivity index (χ0) is 15.5. The van der Waals surface area contributed by atoms with Crippen molar-refractivity contribution in [2.75, 3.05) is 7.11 Å². The molecule has 0 spiro atoms. The SMILES string of the molecule is COC(=O)c1nc(CCl)cc(C(F)F)c1OC(F)(F)F. The lowest BCUT2D eigenvalue weighted by atomic mass is 10.1. The zero-order valence-electron chi connectivity index (χ0n) is 9.80. The number of rotatable bonds is 4. The number of nitrogens with zero attached hydrogens (tertiary/aromatic N) is 1. The number of methoxy groups -OCH3 is 1. The van der Waals surface area contributed by atoms with Crippen LogP contribution in [0, 0.1) is 0 Å². The highest BCUT2D eigenvalue weighted by atomic mass is 35.5. The zero-order valence-corrected chi connectivity index (χ0v) is 10.6. The molecule has 0 aliphatic heterocycles. The average Bonchev–Trinajstić information content (AvgIpc) is 2.35. The van der Waals surface area contributed by atoms with Gasteiger partial charge in [0.15, 0.2) is 11.4 Å². The van der Waals surface area contributed by atoms with Crippen LogP contribution in [0.2, 0.25) is 0 Å². The molecule has 0 bridgehead atoms. The van der Waals surface area contributed by atoms with Crippen molar-refractivity contribution in [3.8, 4) is 5.75 Å². The number of hydrogen-bond donors (Lipinski definition) is 0. The standard InChI is InChI=1S/C10H7ClF5NO3/c1-19-9(18)6-7(20-10(14,15)16)5(8(12)13)2-4(3-11)17-6/h2,8H,3H2,1H3. The second kappa shape index (κ2) is 6.21. The summed E-state index contributed by atoms with van der Waals surface area (Å²) in [5.41, 5.74) is -2.37. The molecular weight excluding hydrogens is 313 g/mol. The molecule has 10 heteroatoms. The van der Waals surface area contributed by atoms with E-state index in [9.17, 15) is 26.7 Å². The lowest BCUT2D eigenvalue weighted by molar-refractivity contribution is -0.275. The largest absolute Gasteiger partial charge is 0.573 e. The number of carbonyl (C=O) groups is 1. The van der Waals surface area contributed by atoms with Crippen LogP contribution in [0.5, 0.6) is 5.75 Å². The van der Waals surface area contributed by atoms with Gasteiger partial charge in [-0.1, -0.05) is 0 Å². The van der Waals surface area contributed by atoms with Crippen LogP contribution >= 0.6 is 11.6 Å². The van der Waals surface area contributed by atoms with Crippen molar-refractivity contribution in [1.29, 1.82) is 0 Å². The summed E-state index contributed by atoms with van der Waals surface area (Å²) in [7, 11) is 0.858. The third-order valence-electron chi connectivity index (χ3n) is 2.02. The molecule has 0 atom stereocenters. The van der Waals surface area contributed by atoms with Crippen LogP contribution in [0.1, 0.15) is 28.2 Å². The highest BCUT2D eigenvalue weighted by molar-refractivity contribution is 6.16. The Balaban J connectivity index is 3.51. The maximum Gasteiger partial charge on any atom is 0.573 e. The Morgan fingerprint density at radius 3 is 2.45 bits per heavy atom. The van der Waals surface area contributed by atoms with Gasteiger partial charge in [0.25, 0.3) is 6.43 Å². The minimum absolute atomic E-state index is 0.211. The van der Waals surface area contributed by atoms with Gasteiger partial charge < -0.3 is 9.47 Å². The molecule has 4 nitrogen and oxygen atoms in total. The number of hydrogen-bond acceptors (Lipinski definition) is 4. The lowest BCUT2D eigenvalue weighted by Crippen LogP contribution is -2.22. The van der Waals surface area contributed by atoms with Gasteiger partial charge in [0.05, 0.1) is 24.2 Å². The molecule has 0 saturated carbocycles. The smallest absolute Gasteiger partial charge is 0.464 e. The van der Waals surface area contributed by atoms with E-state index in [0.29, 0.717) is 6.07 Å². The molecular formula is C10H7ClF5NO3. The topological polar surface area (TPSA) is 48.4 Å². The minimum Gasteiger partial charge on any atom is -0.464 e. The van der Waals surface area contributed by atoms with Crippen molar-refractivity contribution in [1.82, 2.24) is 4.98 Å². The van der Waals surface area contributed by atoms with Crippen LogP contribution in [-0.2, 0) is 10.6 Å². The van der Waals surface area contributed by atoms with Crippen molar-refractivity contribution in [2.24, 2.45) is 0 Å². The summed E-state index contributed by atoms with van der Waals surface area (Å²) in [6.45, 7) is 0. The van der Waals surface area contributed by atoms with Crippen LogP contribution in [-0.4, -0.2) is 24.4 Å². The molecule has 0 fully saturated rings. The van der Waals surface area contributed by atoms with Crippen LogP contribution < -0.4 is 4.74 Å². The van der Waals surface area contributed by atoms with Crippen molar-refractivity contribution >= 4 is 17.6 Å². The number of esters is 1. The Labute approximate surface area is 114 Å². The first-order chi connectivity index (χ1) is 9.19. The highest BCUT2D eigenvalue weighted by Gasteiger charge is 2.37. The third kappa shape index (κ3) is 3.92. The van der Waals surface area contributed by atoms with Gasteiger partial charge in [-0.05, 0) is 6.07 Å².